The van der Waals surface area contributed by atoms with E-state index in [2.05, 4.69) is 246 Å². The van der Waals surface area contributed by atoms with Crippen molar-refractivity contribution in [1.82, 2.24) is 13.7 Å². The molecule has 17 rings (SSSR count). The van der Waals surface area contributed by atoms with Gasteiger partial charge in [0.1, 0.15) is 46.0 Å². The lowest BCUT2D eigenvalue weighted by molar-refractivity contribution is 0.414. The molecule has 0 saturated carbocycles. The number of methoxy groups -OCH3 is 8. The number of anilines is 12. The Morgan fingerprint density at radius 1 is 0.193 bits per heavy atom. The van der Waals surface area contributed by atoms with Crippen LogP contribution in [0.5, 0.6) is 46.0 Å². The van der Waals surface area contributed by atoms with Gasteiger partial charge in [0.2, 0.25) is 0 Å². The molecule has 0 atom stereocenters. The average molecular weight is 1570 g/mol. The van der Waals surface area contributed by atoms with Crippen LogP contribution in [0.1, 0.15) is 71.1 Å². The molecule has 3 heterocycles. The van der Waals surface area contributed by atoms with E-state index in [9.17, 15) is 0 Å². The molecule has 3 aromatic heterocycles. The third-order valence-electron chi connectivity index (χ3n) is 23.2. The fourth-order valence-electron chi connectivity index (χ4n) is 17.1. The van der Waals surface area contributed by atoms with Crippen molar-refractivity contribution < 1.29 is 37.9 Å². The minimum Gasteiger partial charge on any atom is -0.497 e. The number of unbranched alkanes of at least 4 members (excludes halogenated alkanes) is 9. The van der Waals surface area contributed by atoms with Gasteiger partial charge in [-0.1, -0.05) is 64.7 Å². The number of fused-ring (bicyclic) bond motifs is 9. The van der Waals surface area contributed by atoms with Crippen molar-refractivity contribution in [2.75, 3.05) is 76.5 Å². The lowest BCUT2D eigenvalue weighted by atomic mass is 10.1. The molecule has 0 unspecified atom stereocenters. The Kier molecular flexibility index (Phi) is 22.8. The van der Waals surface area contributed by atoms with Crippen LogP contribution < -0.4 is 57.5 Å². The molecule has 0 radical (unpaired) electrons. The van der Waals surface area contributed by atoms with Crippen LogP contribution in [0.15, 0.2) is 303 Å². The number of benzene rings is 14. The van der Waals surface area contributed by atoms with Crippen LogP contribution in [-0.4, -0.2) is 70.6 Å². The summed E-state index contributed by atoms with van der Waals surface area (Å²) in [5, 5.41) is 6.63. The van der Waals surface area contributed by atoms with Crippen LogP contribution in [0.3, 0.4) is 0 Å². The first kappa shape index (κ1) is 77.6. The van der Waals surface area contributed by atoms with Gasteiger partial charge in [-0.2, -0.15) is 0 Å². The van der Waals surface area contributed by atoms with Gasteiger partial charge in [-0.25, -0.2) is 0 Å². The molecular weight excluding hydrogens is 1480 g/mol. The van der Waals surface area contributed by atoms with Gasteiger partial charge in [0.25, 0.3) is 0 Å². The molecule has 0 aliphatic rings. The number of aromatic nitrogens is 3. The second-order valence-corrected chi connectivity index (χ2v) is 30.1. The maximum atomic E-state index is 5.73. The smallest absolute Gasteiger partial charge is 0.119 e. The second-order valence-electron chi connectivity index (χ2n) is 30.1. The Bertz CT molecular complexity index is 5500. The van der Waals surface area contributed by atoms with E-state index in [-0.39, 0.29) is 0 Å². The third-order valence-corrected chi connectivity index (χ3v) is 23.2. The molecule has 0 bridgehead atoms. The second kappa shape index (κ2) is 34.9. The first-order valence-corrected chi connectivity index (χ1v) is 41.1. The molecule has 0 amide bonds. The summed E-state index contributed by atoms with van der Waals surface area (Å²) in [6.45, 7) is 3.18. The van der Waals surface area contributed by atoms with Gasteiger partial charge in [0, 0.05) is 130 Å². The quantitative estimate of drug-likeness (QED) is 0.0366. The summed E-state index contributed by atoms with van der Waals surface area (Å²) in [6, 6.07) is 108. The molecule has 0 saturated heterocycles. The van der Waals surface area contributed by atoms with E-state index in [0.29, 0.717) is 0 Å². The zero-order valence-corrected chi connectivity index (χ0v) is 69.0. The monoisotopic (exact) mass is 1570 g/mol. The predicted molar refractivity (Wildman–Crippen MR) is 491 cm³/mol. The number of nitrogens with zero attached hydrogens (tertiary/aromatic N) is 7. The van der Waals surface area contributed by atoms with Gasteiger partial charge < -0.3 is 71.2 Å². The maximum absolute atomic E-state index is 5.73. The Hall–Kier alpha value is -13.9. The number of ether oxygens (including phenoxy) is 8. The van der Waals surface area contributed by atoms with Crippen LogP contribution in [0.25, 0.3) is 76.8 Å². The summed E-state index contributed by atoms with van der Waals surface area (Å²) in [5.74, 6) is 6.20. The standard InChI is InChI=1S/C104H99N7O8/c1-10-11-12-13-14-15-16-17-18-19-64-105-99-58-36-83(110-101-60-38-79(106(71-20-42-85(112-2)43-21-71)72-22-44-86(113-3)45-23-72)65-95(101)96-66-80(39-61-102(96)110)107(73-24-46-87(114-4)47-25-73)74-26-48-88(115-5)49-27-74)69-93(99)94-70-84(37-59-100(94)105)111-103-62-40-81(108(75-28-50-89(116-6)51-29-75)76-30-52-90(117-7)53-31-76)67-97(103)98-68-82(41-63-104(98)111)109(77-32-54-91(118-8)55-33-77)78-34-56-92(119-9)57-35-78/h20-63,65-70H,10-19,64H2,1-9H3. The molecule has 0 N–H and O–H groups in total. The van der Waals surface area contributed by atoms with Crippen LogP contribution in [0, 0.1) is 0 Å². The van der Waals surface area contributed by atoms with Crippen molar-refractivity contribution in [1.29, 1.82) is 0 Å². The van der Waals surface area contributed by atoms with Crippen molar-refractivity contribution in [3.63, 3.8) is 0 Å². The van der Waals surface area contributed by atoms with Gasteiger partial charge in [-0.15, -0.1) is 0 Å². The van der Waals surface area contributed by atoms with Gasteiger partial charge in [-0.05, 0) is 310 Å². The van der Waals surface area contributed by atoms with Crippen molar-refractivity contribution in [3.8, 4) is 57.4 Å². The molecule has 14 aromatic carbocycles. The molecule has 15 nitrogen and oxygen atoms in total. The molecule has 0 fully saturated rings. The van der Waals surface area contributed by atoms with E-state index >= 15 is 0 Å². The fourth-order valence-corrected chi connectivity index (χ4v) is 17.1. The lowest BCUT2D eigenvalue weighted by Gasteiger charge is -2.26. The summed E-state index contributed by atoms with van der Waals surface area (Å²) in [6.07, 6.45) is 12.6. The number of hydrogen-bond donors (Lipinski definition) is 0. The highest BCUT2D eigenvalue weighted by atomic mass is 16.5. The lowest BCUT2D eigenvalue weighted by Crippen LogP contribution is -2.10. The van der Waals surface area contributed by atoms with Crippen LogP contribution in [0.2, 0.25) is 0 Å². The van der Waals surface area contributed by atoms with Gasteiger partial charge >= 0.3 is 0 Å². The molecule has 119 heavy (non-hydrogen) atoms. The number of rotatable bonds is 33. The SMILES string of the molecule is CCCCCCCCCCCCn1c2ccc(-n3c4ccc(N(c5ccc(OC)cc5)c5ccc(OC)cc5)cc4c4cc(N(c5ccc(OC)cc5)c5ccc(OC)cc5)ccc43)cc2c2cc(-n3c4ccc(N(c5ccc(OC)cc5)c5ccc(OC)cc5)cc4c4cc(N(c5ccc(OC)cc5)c5ccc(OC)cc5)ccc43)ccc21. The Morgan fingerprint density at radius 2 is 0.378 bits per heavy atom. The van der Waals surface area contributed by atoms with E-state index in [0.717, 1.165) is 189 Å². The molecule has 598 valence electrons. The molecule has 0 aliphatic heterocycles. The molecule has 17 aromatic rings. The van der Waals surface area contributed by atoms with Crippen molar-refractivity contribution in [3.05, 3.63) is 303 Å². The minimum atomic E-state index is 0.775. The summed E-state index contributed by atoms with van der Waals surface area (Å²) in [4.78, 5) is 9.20. The zero-order chi connectivity index (χ0) is 81.5. The largest absolute Gasteiger partial charge is 0.497 e. The third kappa shape index (κ3) is 15.6. The van der Waals surface area contributed by atoms with Gasteiger partial charge in [-0.3, -0.25) is 0 Å². The summed E-state index contributed by atoms with van der Waals surface area (Å²) < 4.78 is 53.3. The maximum Gasteiger partial charge on any atom is 0.119 e. The van der Waals surface area contributed by atoms with E-state index < -0.39 is 0 Å². The minimum absolute atomic E-state index is 0.775. The van der Waals surface area contributed by atoms with E-state index in [1.54, 1.807) is 56.9 Å². The zero-order valence-electron chi connectivity index (χ0n) is 69.0. The van der Waals surface area contributed by atoms with Crippen LogP contribution in [-0.2, 0) is 6.54 Å². The predicted octanol–water partition coefficient (Wildman–Crippen LogP) is 27.9. The van der Waals surface area contributed by atoms with Gasteiger partial charge in [0.15, 0.2) is 0 Å². The van der Waals surface area contributed by atoms with Crippen molar-refractivity contribution in [2.45, 2.75) is 77.7 Å². The summed E-state index contributed by atoms with van der Waals surface area (Å²) >= 11 is 0. The number of hydrogen-bond acceptors (Lipinski definition) is 12. The fraction of sp³-hybridized carbons (Fsp3) is 0.192. The molecular formula is C104H99N7O8. The van der Waals surface area contributed by atoms with Crippen LogP contribution in [0.4, 0.5) is 68.2 Å². The summed E-state index contributed by atoms with van der Waals surface area (Å²) in [5.41, 5.74) is 20.4. The first-order valence-electron chi connectivity index (χ1n) is 41.1. The molecule has 0 spiro atoms. The number of aryl methyl sites for hydroxylation is 1. The van der Waals surface area contributed by atoms with E-state index in [1.165, 1.54) is 73.2 Å². The van der Waals surface area contributed by atoms with E-state index in [1.807, 2.05) is 97.1 Å². The first-order chi connectivity index (χ1) is 58.6. The van der Waals surface area contributed by atoms with Crippen molar-refractivity contribution >= 4 is 134 Å². The normalized spacial score (nSPS) is 11.4. The Balaban J connectivity index is 0.875. The molecule has 15 heteroatoms. The highest BCUT2D eigenvalue weighted by molar-refractivity contribution is 6.16. The highest BCUT2D eigenvalue weighted by Crippen LogP contribution is 2.49. The van der Waals surface area contributed by atoms with E-state index in [4.69, 9.17) is 37.9 Å². The topological polar surface area (TPSA) is 102 Å². The van der Waals surface area contributed by atoms with Gasteiger partial charge in [0.05, 0.1) is 78.9 Å². The summed E-state index contributed by atoms with van der Waals surface area (Å²) in [7, 11) is 13.6. The van der Waals surface area contributed by atoms with Crippen molar-refractivity contribution in [2.24, 2.45) is 0 Å². The highest BCUT2D eigenvalue weighted by Gasteiger charge is 2.26. The van der Waals surface area contributed by atoms with Crippen LogP contribution >= 0.6 is 0 Å². The molecule has 0 aliphatic carbocycles. The Labute approximate surface area is 696 Å². The Morgan fingerprint density at radius 3 is 0.588 bits per heavy atom. The average Bonchev–Trinajstić information content (AvgIpc) is 1.58.